The topological polar surface area (TPSA) is 75.2 Å². The number of aromatic nitrogens is 2. The van der Waals surface area contributed by atoms with Gasteiger partial charge in [0, 0.05) is 22.2 Å². The van der Waals surface area contributed by atoms with E-state index in [1.54, 1.807) is 29.9 Å². The SMILES string of the molecule is O=C(Nc1nccs1)C(c1cccc(F)c1)N1Cc2ncc(Br)cc2C1=O. The van der Waals surface area contributed by atoms with Gasteiger partial charge < -0.3 is 4.90 Å². The highest BCUT2D eigenvalue weighted by Gasteiger charge is 2.38. The maximum atomic E-state index is 13.8. The number of carbonyl (C=O) groups excluding carboxylic acids is 2. The van der Waals surface area contributed by atoms with Crippen molar-refractivity contribution in [2.45, 2.75) is 12.6 Å². The molecule has 0 radical (unpaired) electrons. The summed E-state index contributed by atoms with van der Waals surface area (Å²) in [5.74, 6) is -1.28. The minimum atomic E-state index is -1.01. The van der Waals surface area contributed by atoms with E-state index in [0.29, 0.717) is 26.4 Å². The van der Waals surface area contributed by atoms with Gasteiger partial charge in [0.15, 0.2) is 5.13 Å². The minimum absolute atomic E-state index is 0.161. The van der Waals surface area contributed by atoms with Crippen molar-refractivity contribution in [3.05, 3.63) is 75.2 Å². The standard InChI is InChI=1S/C18H12BrFN4O2S/c19-11-7-13-14(22-8-11)9-24(17(13)26)15(10-2-1-3-12(20)6-10)16(25)23-18-21-4-5-27-18/h1-8,15H,9H2,(H,21,23,25). The van der Waals surface area contributed by atoms with Crippen LogP contribution in [0.4, 0.5) is 9.52 Å². The van der Waals surface area contributed by atoms with Crippen LogP contribution < -0.4 is 5.32 Å². The van der Waals surface area contributed by atoms with E-state index in [4.69, 9.17) is 0 Å². The van der Waals surface area contributed by atoms with Crippen molar-refractivity contribution < 1.29 is 14.0 Å². The lowest BCUT2D eigenvalue weighted by molar-refractivity contribution is -0.120. The fourth-order valence-electron chi connectivity index (χ4n) is 2.98. The monoisotopic (exact) mass is 446 g/mol. The van der Waals surface area contributed by atoms with E-state index in [2.05, 4.69) is 31.2 Å². The number of fused-ring (bicyclic) bond motifs is 1. The first-order valence-corrected chi connectivity index (χ1v) is 9.61. The zero-order valence-electron chi connectivity index (χ0n) is 13.7. The summed E-state index contributed by atoms with van der Waals surface area (Å²) in [5.41, 5.74) is 1.38. The summed E-state index contributed by atoms with van der Waals surface area (Å²) < 4.78 is 14.5. The Labute approximate surface area is 166 Å². The summed E-state index contributed by atoms with van der Waals surface area (Å²) in [6, 6.07) is 6.34. The first-order chi connectivity index (χ1) is 13.0. The van der Waals surface area contributed by atoms with Gasteiger partial charge in [-0.05, 0) is 39.7 Å². The van der Waals surface area contributed by atoms with Crippen LogP contribution >= 0.6 is 27.3 Å². The molecule has 4 rings (SSSR count). The molecule has 1 aliphatic rings. The van der Waals surface area contributed by atoms with Gasteiger partial charge in [-0.15, -0.1) is 11.3 Å². The van der Waals surface area contributed by atoms with E-state index >= 15 is 0 Å². The normalized spacial score (nSPS) is 14.1. The van der Waals surface area contributed by atoms with Crippen LogP contribution in [0.1, 0.15) is 27.7 Å². The molecule has 136 valence electrons. The fraction of sp³-hybridized carbons (Fsp3) is 0.111. The molecule has 0 aliphatic carbocycles. The van der Waals surface area contributed by atoms with Gasteiger partial charge in [-0.3, -0.25) is 19.9 Å². The molecule has 6 nitrogen and oxygen atoms in total. The molecule has 1 aromatic carbocycles. The Hall–Kier alpha value is -2.65. The van der Waals surface area contributed by atoms with Crippen molar-refractivity contribution in [1.29, 1.82) is 0 Å². The molecule has 0 fully saturated rings. The third kappa shape index (κ3) is 3.47. The first-order valence-electron chi connectivity index (χ1n) is 7.94. The number of carbonyl (C=O) groups is 2. The average Bonchev–Trinajstić information content (AvgIpc) is 3.25. The average molecular weight is 447 g/mol. The van der Waals surface area contributed by atoms with Gasteiger partial charge in [-0.1, -0.05) is 12.1 Å². The summed E-state index contributed by atoms with van der Waals surface area (Å²) in [4.78, 5) is 35.6. The van der Waals surface area contributed by atoms with Crippen molar-refractivity contribution in [3.63, 3.8) is 0 Å². The molecular formula is C18H12BrFN4O2S. The minimum Gasteiger partial charge on any atom is -0.316 e. The number of hydrogen-bond donors (Lipinski definition) is 1. The van der Waals surface area contributed by atoms with Crippen molar-refractivity contribution in [2.24, 2.45) is 0 Å². The van der Waals surface area contributed by atoms with E-state index in [1.807, 2.05) is 0 Å². The molecule has 9 heteroatoms. The largest absolute Gasteiger partial charge is 0.316 e. The Morgan fingerprint density at radius 2 is 2.19 bits per heavy atom. The Bertz CT molecular complexity index is 1030. The summed E-state index contributed by atoms with van der Waals surface area (Å²) in [6.07, 6.45) is 3.16. The molecule has 3 aromatic rings. The van der Waals surface area contributed by atoms with Gasteiger partial charge in [0.25, 0.3) is 11.8 Å². The zero-order valence-corrected chi connectivity index (χ0v) is 16.1. The Kier molecular flexibility index (Phi) is 4.71. The summed E-state index contributed by atoms with van der Waals surface area (Å²) in [6.45, 7) is 0.161. The number of halogens is 2. The molecule has 2 amide bonds. The van der Waals surface area contributed by atoms with E-state index in [-0.39, 0.29) is 12.5 Å². The number of anilines is 1. The van der Waals surface area contributed by atoms with Crippen LogP contribution in [-0.2, 0) is 11.3 Å². The number of benzene rings is 1. The number of pyridine rings is 1. The van der Waals surface area contributed by atoms with Crippen molar-refractivity contribution in [3.8, 4) is 0 Å². The highest BCUT2D eigenvalue weighted by molar-refractivity contribution is 9.10. The predicted molar refractivity (Wildman–Crippen MR) is 102 cm³/mol. The maximum Gasteiger partial charge on any atom is 0.257 e. The van der Waals surface area contributed by atoms with Crippen LogP contribution in [0.3, 0.4) is 0 Å². The van der Waals surface area contributed by atoms with Crippen molar-refractivity contribution >= 4 is 44.2 Å². The molecule has 0 saturated heterocycles. The number of nitrogens with one attached hydrogen (secondary N) is 1. The van der Waals surface area contributed by atoms with Crippen LogP contribution in [-0.4, -0.2) is 26.7 Å². The van der Waals surface area contributed by atoms with Crippen LogP contribution in [0.25, 0.3) is 0 Å². The Morgan fingerprint density at radius 1 is 1.33 bits per heavy atom. The van der Waals surface area contributed by atoms with Gasteiger partial charge in [-0.2, -0.15) is 0 Å². The van der Waals surface area contributed by atoms with Crippen LogP contribution in [0.5, 0.6) is 0 Å². The van der Waals surface area contributed by atoms with Gasteiger partial charge >= 0.3 is 0 Å². The molecule has 1 N–H and O–H groups in total. The number of nitrogens with zero attached hydrogens (tertiary/aromatic N) is 3. The quantitative estimate of drug-likeness (QED) is 0.661. The second-order valence-corrected chi connectivity index (χ2v) is 7.68. The van der Waals surface area contributed by atoms with Crippen LogP contribution in [0, 0.1) is 5.82 Å². The zero-order chi connectivity index (χ0) is 19.0. The Balaban J connectivity index is 1.72. The molecular weight excluding hydrogens is 435 g/mol. The molecule has 0 bridgehead atoms. The fourth-order valence-corrected chi connectivity index (χ4v) is 3.85. The molecule has 27 heavy (non-hydrogen) atoms. The summed E-state index contributed by atoms with van der Waals surface area (Å²) >= 11 is 4.56. The molecule has 0 spiro atoms. The Morgan fingerprint density at radius 3 is 2.93 bits per heavy atom. The van der Waals surface area contributed by atoms with E-state index in [0.717, 1.165) is 0 Å². The number of rotatable bonds is 4. The first kappa shape index (κ1) is 17.7. The molecule has 3 heterocycles. The van der Waals surface area contributed by atoms with Gasteiger partial charge in [0.05, 0.1) is 17.8 Å². The lowest BCUT2D eigenvalue weighted by Gasteiger charge is -2.26. The van der Waals surface area contributed by atoms with Gasteiger partial charge in [0.2, 0.25) is 0 Å². The highest BCUT2D eigenvalue weighted by atomic mass is 79.9. The van der Waals surface area contributed by atoms with Crippen molar-refractivity contribution in [2.75, 3.05) is 5.32 Å². The van der Waals surface area contributed by atoms with Gasteiger partial charge in [0.1, 0.15) is 11.9 Å². The smallest absolute Gasteiger partial charge is 0.257 e. The maximum absolute atomic E-state index is 13.8. The van der Waals surface area contributed by atoms with E-state index in [9.17, 15) is 14.0 Å². The summed E-state index contributed by atoms with van der Waals surface area (Å²) in [5, 5.41) is 4.83. The van der Waals surface area contributed by atoms with Crippen molar-refractivity contribution in [1.82, 2.24) is 14.9 Å². The van der Waals surface area contributed by atoms with E-state index < -0.39 is 17.8 Å². The van der Waals surface area contributed by atoms with Gasteiger partial charge in [-0.25, -0.2) is 9.37 Å². The third-order valence-electron chi connectivity index (χ3n) is 4.14. The molecule has 2 aromatic heterocycles. The number of amides is 2. The van der Waals surface area contributed by atoms with Crippen LogP contribution in [0.2, 0.25) is 0 Å². The molecule has 0 saturated carbocycles. The predicted octanol–water partition coefficient (Wildman–Crippen LogP) is 3.78. The third-order valence-corrected chi connectivity index (χ3v) is 5.26. The lowest BCUT2D eigenvalue weighted by Crippen LogP contribution is -2.37. The van der Waals surface area contributed by atoms with Crippen LogP contribution in [0.15, 0.2) is 52.6 Å². The molecule has 1 unspecified atom stereocenters. The second kappa shape index (κ2) is 7.16. The molecule has 1 atom stereocenters. The second-order valence-electron chi connectivity index (χ2n) is 5.86. The highest BCUT2D eigenvalue weighted by Crippen LogP contribution is 2.33. The summed E-state index contributed by atoms with van der Waals surface area (Å²) in [7, 11) is 0. The number of thiazole rings is 1. The number of hydrogen-bond acceptors (Lipinski definition) is 5. The lowest BCUT2D eigenvalue weighted by atomic mass is 10.0. The molecule has 1 aliphatic heterocycles. The van der Waals surface area contributed by atoms with E-state index in [1.165, 1.54) is 34.4 Å².